The van der Waals surface area contributed by atoms with Gasteiger partial charge < -0.3 is 9.88 Å². The third-order valence-corrected chi connectivity index (χ3v) is 4.07. The lowest BCUT2D eigenvalue weighted by Gasteiger charge is -2.23. The summed E-state index contributed by atoms with van der Waals surface area (Å²) in [4.78, 5) is 0. The molecular formula is C15H20N2. The Kier molecular flexibility index (Phi) is 2.67. The van der Waals surface area contributed by atoms with Crippen molar-refractivity contribution < 1.29 is 0 Å². The summed E-state index contributed by atoms with van der Waals surface area (Å²) in [6.07, 6.45) is 2.63. The van der Waals surface area contributed by atoms with Crippen LogP contribution in [0.15, 0.2) is 24.3 Å². The molecule has 0 radical (unpaired) electrons. The second kappa shape index (κ2) is 4.19. The van der Waals surface area contributed by atoms with Crippen LogP contribution >= 0.6 is 0 Å². The Morgan fingerprint density at radius 1 is 1.29 bits per heavy atom. The van der Waals surface area contributed by atoms with Crippen LogP contribution < -0.4 is 5.32 Å². The second-order valence-corrected chi connectivity index (χ2v) is 5.21. The largest absolute Gasteiger partial charge is 0.348 e. The zero-order valence-corrected chi connectivity index (χ0v) is 10.7. The van der Waals surface area contributed by atoms with Gasteiger partial charge in [-0.3, -0.25) is 0 Å². The Hall–Kier alpha value is -1.28. The van der Waals surface area contributed by atoms with Crippen molar-refractivity contribution in [2.45, 2.75) is 25.7 Å². The number of aryl methyl sites for hydroxylation is 2. The molecule has 17 heavy (non-hydrogen) atoms. The molecule has 0 spiro atoms. The van der Waals surface area contributed by atoms with Gasteiger partial charge in [-0.1, -0.05) is 6.07 Å². The average Bonchev–Trinajstić information content (AvgIpc) is 2.66. The van der Waals surface area contributed by atoms with E-state index in [0.29, 0.717) is 5.92 Å². The van der Waals surface area contributed by atoms with Gasteiger partial charge >= 0.3 is 0 Å². The first-order valence-electron chi connectivity index (χ1n) is 6.52. The van der Waals surface area contributed by atoms with Crippen molar-refractivity contribution in [1.29, 1.82) is 0 Å². The van der Waals surface area contributed by atoms with E-state index < -0.39 is 0 Å². The Morgan fingerprint density at radius 2 is 2.18 bits per heavy atom. The molecule has 1 aromatic carbocycles. The Bertz CT molecular complexity index is 533. The maximum Gasteiger partial charge on any atom is 0.0479 e. The van der Waals surface area contributed by atoms with Gasteiger partial charge in [0.2, 0.25) is 0 Å². The van der Waals surface area contributed by atoms with Crippen molar-refractivity contribution in [2.75, 3.05) is 13.1 Å². The lowest BCUT2D eigenvalue weighted by atomic mass is 9.91. The highest BCUT2D eigenvalue weighted by Crippen LogP contribution is 2.27. The van der Waals surface area contributed by atoms with Crippen LogP contribution in [-0.4, -0.2) is 17.7 Å². The first-order valence-corrected chi connectivity index (χ1v) is 6.52. The summed E-state index contributed by atoms with van der Waals surface area (Å²) in [6, 6.07) is 9.24. The van der Waals surface area contributed by atoms with Gasteiger partial charge in [0.15, 0.2) is 0 Å². The summed E-state index contributed by atoms with van der Waals surface area (Å²) in [5, 5.41) is 4.88. The molecule has 2 heterocycles. The smallest absolute Gasteiger partial charge is 0.0479 e. The van der Waals surface area contributed by atoms with E-state index in [2.05, 4.69) is 48.1 Å². The summed E-state index contributed by atoms with van der Waals surface area (Å²) < 4.78 is 2.26. The highest BCUT2D eigenvalue weighted by atomic mass is 14.9. The normalized spacial score (nSPS) is 20.9. The van der Waals surface area contributed by atoms with Crippen molar-refractivity contribution in [3.8, 4) is 0 Å². The summed E-state index contributed by atoms with van der Waals surface area (Å²) in [6.45, 7) is 4.49. The van der Waals surface area contributed by atoms with Crippen LogP contribution in [0, 0.1) is 6.92 Å². The van der Waals surface area contributed by atoms with Crippen molar-refractivity contribution in [3.63, 3.8) is 0 Å². The van der Waals surface area contributed by atoms with Crippen LogP contribution in [-0.2, 0) is 7.05 Å². The molecular weight excluding hydrogens is 208 g/mol. The average molecular weight is 228 g/mol. The van der Waals surface area contributed by atoms with E-state index in [1.54, 1.807) is 0 Å². The minimum atomic E-state index is 0.702. The van der Waals surface area contributed by atoms with Gasteiger partial charge in [0, 0.05) is 30.2 Å². The lowest BCUT2D eigenvalue weighted by molar-refractivity contribution is 0.462. The zero-order valence-electron chi connectivity index (χ0n) is 10.7. The number of fused-ring (bicyclic) bond motifs is 1. The molecule has 1 saturated heterocycles. The highest BCUT2D eigenvalue weighted by molar-refractivity contribution is 5.82. The molecule has 0 saturated carbocycles. The topological polar surface area (TPSA) is 17.0 Å². The number of aromatic nitrogens is 1. The molecule has 1 N–H and O–H groups in total. The van der Waals surface area contributed by atoms with Gasteiger partial charge in [-0.2, -0.15) is 0 Å². The molecule has 1 unspecified atom stereocenters. The number of hydrogen-bond acceptors (Lipinski definition) is 1. The molecule has 1 aliphatic heterocycles. The van der Waals surface area contributed by atoms with E-state index in [0.717, 1.165) is 6.54 Å². The standard InChI is InChI=1S/C15H20N2/c1-11-8-14-9-12(5-6-15(14)17(11)2)13-4-3-7-16-10-13/h5-6,8-9,13,16H,3-4,7,10H2,1-2H3. The van der Waals surface area contributed by atoms with Crippen LogP contribution in [0.2, 0.25) is 0 Å². The predicted octanol–water partition coefficient (Wildman–Crippen LogP) is 2.95. The van der Waals surface area contributed by atoms with Gasteiger partial charge in [-0.25, -0.2) is 0 Å². The van der Waals surface area contributed by atoms with Gasteiger partial charge in [0.25, 0.3) is 0 Å². The summed E-state index contributed by atoms with van der Waals surface area (Å²) in [7, 11) is 2.14. The minimum absolute atomic E-state index is 0.702. The van der Waals surface area contributed by atoms with E-state index >= 15 is 0 Å². The molecule has 2 heteroatoms. The SMILES string of the molecule is Cc1cc2cc(C3CCCNC3)ccc2n1C. The number of rotatable bonds is 1. The molecule has 1 aliphatic rings. The molecule has 0 aliphatic carbocycles. The monoisotopic (exact) mass is 228 g/mol. The fourth-order valence-electron chi connectivity index (χ4n) is 2.90. The van der Waals surface area contributed by atoms with Crippen LogP contribution in [0.25, 0.3) is 10.9 Å². The maximum absolute atomic E-state index is 3.49. The molecule has 90 valence electrons. The van der Waals surface area contributed by atoms with Crippen molar-refractivity contribution in [1.82, 2.24) is 9.88 Å². The number of benzene rings is 1. The predicted molar refractivity (Wildman–Crippen MR) is 72.5 cm³/mol. The van der Waals surface area contributed by atoms with Crippen LogP contribution in [0.4, 0.5) is 0 Å². The molecule has 1 fully saturated rings. The minimum Gasteiger partial charge on any atom is -0.348 e. The fraction of sp³-hybridized carbons (Fsp3) is 0.467. The van der Waals surface area contributed by atoms with Gasteiger partial charge in [-0.05, 0) is 56.0 Å². The number of nitrogens with one attached hydrogen (secondary N) is 1. The third-order valence-electron chi connectivity index (χ3n) is 4.07. The Labute approximate surface area is 103 Å². The fourth-order valence-corrected chi connectivity index (χ4v) is 2.90. The molecule has 2 aromatic rings. The molecule has 2 nitrogen and oxygen atoms in total. The summed E-state index contributed by atoms with van der Waals surface area (Å²) in [5.41, 5.74) is 4.17. The van der Waals surface area contributed by atoms with Gasteiger partial charge in [-0.15, -0.1) is 0 Å². The van der Waals surface area contributed by atoms with Crippen LogP contribution in [0.1, 0.15) is 30.0 Å². The molecule has 1 aromatic heterocycles. The number of hydrogen-bond donors (Lipinski definition) is 1. The molecule has 0 bridgehead atoms. The van der Waals surface area contributed by atoms with E-state index in [1.807, 2.05) is 0 Å². The third kappa shape index (κ3) is 1.87. The van der Waals surface area contributed by atoms with Crippen molar-refractivity contribution in [2.24, 2.45) is 7.05 Å². The van der Waals surface area contributed by atoms with E-state index in [1.165, 1.54) is 41.5 Å². The Balaban J connectivity index is 2.01. The van der Waals surface area contributed by atoms with E-state index in [4.69, 9.17) is 0 Å². The first-order chi connectivity index (χ1) is 8.25. The van der Waals surface area contributed by atoms with Crippen LogP contribution in [0.3, 0.4) is 0 Å². The highest BCUT2D eigenvalue weighted by Gasteiger charge is 2.15. The lowest BCUT2D eigenvalue weighted by Crippen LogP contribution is -2.28. The quantitative estimate of drug-likeness (QED) is 0.794. The van der Waals surface area contributed by atoms with Crippen molar-refractivity contribution >= 4 is 10.9 Å². The van der Waals surface area contributed by atoms with E-state index in [-0.39, 0.29) is 0 Å². The first kappa shape index (κ1) is 10.8. The van der Waals surface area contributed by atoms with Crippen molar-refractivity contribution in [3.05, 3.63) is 35.5 Å². The zero-order chi connectivity index (χ0) is 11.8. The Morgan fingerprint density at radius 3 is 2.94 bits per heavy atom. The van der Waals surface area contributed by atoms with Crippen LogP contribution in [0.5, 0.6) is 0 Å². The summed E-state index contributed by atoms with van der Waals surface area (Å²) in [5.74, 6) is 0.702. The number of piperidine rings is 1. The second-order valence-electron chi connectivity index (χ2n) is 5.21. The number of nitrogens with zero attached hydrogens (tertiary/aromatic N) is 1. The van der Waals surface area contributed by atoms with Gasteiger partial charge in [0.05, 0.1) is 0 Å². The van der Waals surface area contributed by atoms with Gasteiger partial charge in [0.1, 0.15) is 0 Å². The molecule has 1 atom stereocenters. The molecule has 0 amide bonds. The maximum atomic E-state index is 3.49. The summed E-state index contributed by atoms with van der Waals surface area (Å²) >= 11 is 0. The molecule has 3 rings (SSSR count). The van der Waals surface area contributed by atoms with E-state index in [9.17, 15) is 0 Å².